The number of hydrogen-bond donors (Lipinski definition) is 0. The van der Waals surface area contributed by atoms with E-state index in [-0.39, 0.29) is 10.5 Å². The van der Waals surface area contributed by atoms with Gasteiger partial charge < -0.3 is 9.16 Å². The minimum Gasteiger partial charge on any atom is -0.422 e. The van der Waals surface area contributed by atoms with Gasteiger partial charge in [-0.15, -0.1) is 0 Å². The predicted octanol–water partition coefficient (Wildman–Crippen LogP) is 5.92. The molecular formula is C28H34O2Si. The Bertz CT molecular complexity index is 951. The van der Waals surface area contributed by atoms with Gasteiger partial charge in [0, 0.05) is 13.2 Å². The summed E-state index contributed by atoms with van der Waals surface area (Å²) in [6, 6.07) is 28.4. The minimum absolute atomic E-state index is 0.199. The number of fused-ring (bicyclic) bond motifs is 3. The van der Waals surface area contributed by atoms with Crippen molar-refractivity contribution in [3.63, 3.8) is 0 Å². The van der Waals surface area contributed by atoms with Crippen LogP contribution in [0.2, 0.25) is 5.04 Å². The Morgan fingerprint density at radius 2 is 1.35 bits per heavy atom. The summed E-state index contributed by atoms with van der Waals surface area (Å²) < 4.78 is 12.9. The van der Waals surface area contributed by atoms with Gasteiger partial charge in [-0.25, -0.2) is 0 Å². The highest BCUT2D eigenvalue weighted by molar-refractivity contribution is 6.32. The molecule has 162 valence electrons. The molecule has 2 nitrogen and oxygen atoms in total. The van der Waals surface area contributed by atoms with Crippen molar-refractivity contribution < 1.29 is 9.16 Å². The topological polar surface area (TPSA) is 18.5 Å². The van der Waals surface area contributed by atoms with Gasteiger partial charge in [-0.2, -0.15) is 0 Å². The van der Waals surface area contributed by atoms with Gasteiger partial charge in [-0.05, 0) is 45.7 Å². The standard InChI is InChI=1S/C28H34O2Si/c1-4-18-29-20-28(21-30-31-27(2,3)19-22-12-6-5-7-13-22)25-16-10-8-14-23(25)24-15-9-11-17-26(24)28/h5-17H,4,18-21,31H2,1-3H3. The summed E-state index contributed by atoms with van der Waals surface area (Å²) in [6.45, 7) is 9.01. The minimum atomic E-state index is -0.760. The number of benzene rings is 3. The zero-order valence-electron chi connectivity index (χ0n) is 19.1. The van der Waals surface area contributed by atoms with Crippen LogP contribution >= 0.6 is 0 Å². The molecule has 0 atom stereocenters. The molecule has 0 N–H and O–H groups in total. The second-order valence-electron chi connectivity index (χ2n) is 9.55. The smallest absolute Gasteiger partial charge is 0.167 e. The molecule has 31 heavy (non-hydrogen) atoms. The van der Waals surface area contributed by atoms with Gasteiger partial charge in [0.05, 0.1) is 12.0 Å². The van der Waals surface area contributed by atoms with Gasteiger partial charge in [-0.3, -0.25) is 0 Å². The maximum Gasteiger partial charge on any atom is 0.167 e. The molecule has 0 saturated heterocycles. The Morgan fingerprint density at radius 3 is 1.97 bits per heavy atom. The lowest BCUT2D eigenvalue weighted by Crippen LogP contribution is -2.38. The largest absolute Gasteiger partial charge is 0.422 e. The molecule has 1 aliphatic rings. The molecule has 0 unspecified atom stereocenters. The lowest BCUT2D eigenvalue weighted by molar-refractivity contribution is 0.0757. The highest BCUT2D eigenvalue weighted by Crippen LogP contribution is 2.49. The van der Waals surface area contributed by atoms with Crippen LogP contribution in [0.4, 0.5) is 0 Å². The van der Waals surface area contributed by atoms with Crippen LogP contribution < -0.4 is 0 Å². The molecule has 0 radical (unpaired) electrons. The van der Waals surface area contributed by atoms with Gasteiger partial charge in [-0.1, -0.05) is 99.6 Å². The fourth-order valence-electron chi connectivity index (χ4n) is 4.86. The van der Waals surface area contributed by atoms with E-state index in [1.165, 1.54) is 27.8 Å². The molecule has 0 aliphatic heterocycles. The normalized spacial score (nSPS) is 14.7. The monoisotopic (exact) mass is 430 g/mol. The summed E-state index contributed by atoms with van der Waals surface area (Å²) >= 11 is 0. The van der Waals surface area contributed by atoms with Crippen LogP contribution in [0.25, 0.3) is 11.1 Å². The third-order valence-electron chi connectivity index (χ3n) is 6.24. The van der Waals surface area contributed by atoms with E-state index in [0.717, 1.165) is 19.4 Å². The van der Waals surface area contributed by atoms with Crippen molar-refractivity contribution in [3.05, 3.63) is 95.6 Å². The number of hydrogen-bond acceptors (Lipinski definition) is 2. The fraction of sp³-hybridized carbons (Fsp3) is 0.357. The van der Waals surface area contributed by atoms with Crippen molar-refractivity contribution >= 4 is 9.76 Å². The van der Waals surface area contributed by atoms with E-state index in [2.05, 4.69) is 99.6 Å². The van der Waals surface area contributed by atoms with Crippen LogP contribution in [0.1, 0.15) is 43.9 Å². The SMILES string of the molecule is CCCOCC1(CO[SiH2]C(C)(C)Cc2ccccc2)c2ccccc2-c2ccccc21. The van der Waals surface area contributed by atoms with Crippen LogP contribution in [0.15, 0.2) is 78.9 Å². The maximum atomic E-state index is 6.66. The summed E-state index contributed by atoms with van der Waals surface area (Å²) in [4.78, 5) is 0. The molecule has 0 aromatic heterocycles. The Hall–Kier alpha value is -2.20. The van der Waals surface area contributed by atoms with Crippen molar-refractivity contribution in [2.45, 2.75) is 44.1 Å². The molecule has 0 heterocycles. The van der Waals surface area contributed by atoms with Crippen LogP contribution in [0, 0.1) is 0 Å². The van der Waals surface area contributed by atoms with Crippen molar-refractivity contribution in [1.82, 2.24) is 0 Å². The maximum absolute atomic E-state index is 6.66. The quantitative estimate of drug-likeness (QED) is 0.293. The highest BCUT2D eigenvalue weighted by atomic mass is 28.2. The molecular weight excluding hydrogens is 396 g/mol. The van der Waals surface area contributed by atoms with Gasteiger partial charge in [0.15, 0.2) is 9.76 Å². The van der Waals surface area contributed by atoms with Crippen LogP contribution in [-0.4, -0.2) is 29.6 Å². The first kappa shape index (κ1) is 22.0. The zero-order valence-corrected chi connectivity index (χ0v) is 20.5. The molecule has 0 spiro atoms. The highest BCUT2D eigenvalue weighted by Gasteiger charge is 2.43. The van der Waals surface area contributed by atoms with Crippen molar-refractivity contribution in [2.24, 2.45) is 0 Å². The first-order valence-electron chi connectivity index (χ1n) is 11.4. The Kier molecular flexibility index (Phi) is 6.76. The van der Waals surface area contributed by atoms with E-state index < -0.39 is 9.76 Å². The average Bonchev–Trinajstić information content (AvgIpc) is 3.05. The number of ether oxygens (including phenoxy) is 1. The third kappa shape index (κ3) is 4.69. The second-order valence-corrected chi connectivity index (χ2v) is 12.2. The molecule has 0 saturated carbocycles. The van der Waals surface area contributed by atoms with E-state index >= 15 is 0 Å². The van der Waals surface area contributed by atoms with E-state index in [1.807, 2.05) is 0 Å². The van der Waals surface area contributed by atoms with E-state index in [4.69, 9.17) is 9.16 Å². The number of rotatable bonds is 10. The summed E-state index contributed by atoms with van der Waals surface area (Å²) in [5, 5.41) is 0.199. The summed E-state index contributed by atoms with van der Waals surface area (Å²) in [5.41, 5.74) is 6.52. The lowest BCUT2D eigenvalue weighted by Gasteiger charge is -2.34. The first-order chi connectivity index (χ1) is 15.1. The summed E-state index contributed by atoms with van der Waals surface area (Å²) in [6.07, 6.45) is 2.09. The van der Waals surface area contributed by atoms with Crippen LogP contribution in [-0.2, 0) is 21.0 Å². The fourth-order valence-corrected chi connectivity index (χ4v) is 6.25. The summed E-state index contributed by atoms with van der Waals surface area (Å²) in [7, 11) is -0.760. The molecule has 1 aliphatic carbocycles. The third-order valence-corrected chi connectivity index (χ3v) is 7.68. The molecule has 3 aromatic carbocycles. The Balaban J connectivity index is 1.58. The first-order valence-corrected chi connectivity index (χ1v) is 12.7. The second kappa shape index (κ2) is 9.52. The van der Waals surface area contributed by atoms with Gasteiger partial charge in [0.1, 0.15) is 0 Å². The summed E-state index contributed by atoms with van der Waals surface area (Å²) in [5.74, 6) is 0. The van der Waals surface area contributed by atoms with E-state index in [0.29, 0.717) is 13.2 Å². The molecule has 4 rings (SSSR count). The zero-order chi connectivity index (χ0) is 21.7. The molecule has 0 bridgehead atoms. The molecule has 0 fully saturated rings. The van der Waals surface area contributed by atoms with Gasteiger partial charge >= 0.3 is 0 Å². The average molecular weight is 431 g/mol. The molecule has 3 aromatic rings. The van der Waals surface area contributed by atoms with Crippen molar-refractivity contribution in [1.29, 1.82) is 0 Å². The van der Waals surface area contributed by atoms with Gasteiger partial charge in [0.2, 0.25) is 0 Å². The Morgan fingerprint density at radius 1 is 0.774 bits per heavy atom. The van der Waals surface area contributed by atoms with E-state index in [1.54, 1.807) is 0 Å². The van der Waals surface area contributed by atoms with Crippen molar-refractivity contribution in [3.8, 4) is 11.1 Å². The van der Waals surface area contributed by atoms with Crippen LogP contribution in [0.5, 0.6) is 0 Å². The van der Waals surface area contributed by atoms with Crippen LogP contribution in [0.3, 0.4) is 0 Å². The molecule has 0 amide bonds. The van der Waals surface area contributed by atoms with E-state index in [9.17, 15) is 0 Å². The van der Waals surface area contributed by atoms with Gasteiger partial charge in [0.25, 0.3) is 0 Å². The Labute approximate surface area is 189 Å². The van der Waals surface area contributed by atoms with Crippen molar-refractivity contribution in [2.75, 3.05) is 19.8 Å². The lowest BCUT2D eigenvalue weighted by atomic mass is 9.79. The predicted molar refractivity (Wildman–Crippen MR) is 132 cm³/mol. The molecule has 3 heteroatoms.